The van der Waals surface area contributed by atoms with Crippen molar-refractivity contribution >= 4 is 11.5 Å². The Morgan fingerprint density at radius 1 is 1.47 bits per heavy atom. The maximum atomic E-state index is 11.6. The lowest BCUT2D eigenvalue weighted by Gasteiger charge is -2.27. The summed E-state index contributed by atoms with van der Waals surface area (Å²) in [6, 6.07) is 6.11. The molecule has 0 radical (unpaired) electrons. The lowest BCUT2D eigenvalue weighted by Crippen LogP contribution is -2.24. The monoisotopic (exact) mass is 203 g/mol. The zero-order valence-corrected chi connectivity index (χ0v) is 9.42. The summed E-state index contributed by atoms with van der Waals surface area (Å²) in [6.07, 6.45) is 2.94. The Balaban J connectivity index is 2.39. The number of fused-ring (bicyclic) bond motifs is 1. The van der Waals surface area contributed by atoms with E-state index < -0.39 is 0 Å². The van der Waals surface area contributed by atoms with E-state index in [1.54, 1.807) is 0 Å². The van der Waals surface area contributed by atoms with Gasteiger partial charge in [-0.05, 0) is 24.5 Å². The second-order valence-corrected chi connectivity index (χ2v) is 4.15. The molecule has 0 unspecified atom stereocenters. The van der Waals surface area contributed by atoms with E-state index in [-0.39, 0.29) is 5.78 Å². The molecule has 0 amide bonds. The number of ketones is 1. The molecule has 2 nitrogen and oxygen atoms in total. The molecule has 2 rings (SSSR count). The number of Topliss-reactive ketones (excluding diaryl/α,β-unsaturated/α-hetero) is 1. The van der Waals surface area contributed by atoms with Gasteiger partial charge in [-0.2, -0.15) is 0 Å². The smallest absolute Gasteiger partial charge is 0.162 e. The van der Waals surface area contributed by atoms with Gasteiger partial charge in [0.1, 0.15) is 0 Å². The molecule has 1 aromatic carbocycles. The Labute approximate surface area is 90.9 Å². The van der Waals surface area contributed by atoms with Crippen LogP contribution in [0.4, 0.5) is 5.69 Å². The van der Waals surface area contributed by atoms with Crippen LogP contribution in [0.2, 0.25) is 0 Å². The fourth-order valence-corrected chi connectivity index (χ4v) is 2.14. The van der Waals surface area contributed by atoms with Crippen molar-refractivity contribution in [3.05, 3.63) is 29.3 Å². The summed E-state index contributed by atoms with van der Waals surface area (Å²) in [5.74, 6) is 0.233. The van der Waals surface area contributed by atoms with Crippen molar-refractivity contribution in [2.45, 2.75) is 26.2 Å². The van der Waals surface area contributed by atoms with E-state index in [9.17, 15) is 4.79 Å². The Bertz CT molecular complexity index is 384. The molecular weight excluding hydrogens is 186 g/mol. The minimum Gasteiger partial charge on any atom is -0.374 e. The topological polar surface area (TPSA) is 20.3 Å². The van der Waals surface area contributed by atoms with Crippen LogP contribution in [0.3, 0.4) is 0 Å². The Morgan fingerprint density at radius 3 is 3.00 bits per heavy atom. The van der Waals surface area contributed by atoms with Crippen LogP contribution in [0, 0.1) is 0 Å². The van der Waals surface area contributed by atoms with Gasteiger partial charge in [-0.1, -0.05) is 19.1 Å². The summed E-state index contributed by atoms with van der Waals surface area (Å²) in [5, 5.41) is 0. The number of benzene rings is 1. The number of rotatable bonds is 2. The summed E-state index contributed by atoms with van der Waals surface area (Å²) >= 11 is 0. The number of nitrogens with zero attached hydrogens (tertiary/aromatic N) is 1. The molecule has 1 aromatic rings. The van der Waals surface area contributed by atoms with Gasteiger partial charge in [0.05, 0.1) is 0 Å². The fraction of sp³-hybridized carbons (Fsp3) is 0.462. The maximum Gasteiger partial charge on any atom is 0.162 e. The highest BCUT2D eigenvalue weighted by molar-refractivity contribution is 5.97. The third-order valence-electron chi connectivity index (χ3n) is 3.08. The largest absolute Gasteiger partial charge is 0.374 e. The van der Waals surface area contributed by atoms with Gasteiger partial charge in [0.15, 0.2) is 5.78 Å². The number of carbonyl (C=O) groups is 1. The normalized spacial score (nSPS) is 14.9. The second-order valence-electron chi connectivity index (χ2n) is 4.15. The number of aryl methyl sites for hydroxylation is 1. The van der Waals surface area contributed by atoms with Gasteiger partial charge in [0.2, 0.25) is 0 Å². The van der Waals surface area contributed by atoms with Crippen molar-refractivity contribution in [3.8, 4) is 0 Å². The van der Waals surface area contributed by atoms with E-state index in [0.717, 1.165) is 18.5 Å². The number of carbonyl (C=O) groups excluding carboxylic acids is 1. The number of hydrogen-bond acceptors (Lipinski definition) is 2. The molecule has 1 aliphatic heterocycles. The van der Waals surface area contributed by atoms with Gasteiger partial charge in [-0.25, -0.2) is 0 Å². The first-order valence-corrected chi connectivity index (χ1v) is 5.59. The van der Waals surface area contributed by atoms with Crippen LogP contribution in [0.5, 0.6) is 0 Å². The first-order valence-electron chi connectivity index (χ1n) is 5.59. The average Bonchev–Trinajstić information content (AvgIpc) is 2.28. The highest BCUT2D eigenvalue weighted by Gasteiger charge is 2.15. The minimum absolute atomic E-state index is 0.233. The third kappa shape index (κ3) is 1.89. The molecule has 1 aliphatic rings. The van der Waals surface area contributed by atoms with Crippen molar-refractivity contribution in [2.24, 2.45) is 0 Å². The van der Waals surface area contributed by atoms with Crippen LogP contribution in [0.25, 0.3) is 0 Å². The van der Waals surface area contributed by atoms with Crippen LogP contribution in [0.15, 0.2) is 18.2 Å². The Hall–Kier alpha value is -1.31. The number of anilines is 1. The standard InChI is InChI=1S/C13H17NO/c1-3-13(15)11-7-6-10-5-4-8-14(2)12(10)9-11/h6-7,9H,3-5,8H2,1-2H3. The van der Waals surface area contributed by atoms with Gasteiger partial charge in [-0.3, -0.25) is 4.79 Å². The lowest BCUT2D eigenvalue weighted by atomic mass is 9.98. The van der Waals surface area contributed by atoms with Crippen LogP contribution in [-0.2, 0) is 6.42 Å². The Kier molecular flexibility index (Phi) is 2.76. The highest BCUT2D eigenvalue weighted by Crippen LogP contribution is 2.27. The van der Waals surface area contributed by atoms with Crippen molar-refractivity contribution in [1.29, 1.82) is 0 Å². The zero-order chi connectivity index (χ0) is 10.8. The van der Waals surface area contributed by atoms with E-state index in [0.29, 0.717) is 6.42 Å². The summed E-state index contributed by atoms with van der Waals surface area (Å²) in [5.41, 5.74) is 3.46. The average molecular weight is 203 g/mol. The van der Waals surface area contributed by atoms with Gasteiger partial charge in [0, 0.05) is 31.3 Å². The molecule has 2 heteroatoms. The molecule has 80 valence electrons. The molecule has 0 atom stereocenters. The minimum atomic E-state index is 0.233. The van der Waals surface area contributed by atoms with Crippen LogP contribution >= 0.6 is 0 Å². The number of hydrogen-bond donors (Lipinski definition) is 0. The molecule has 0 N–H and O–H groups in total. The van der Waals surface area contributed by atoms with E-state index in [1.807, 2.05) is 19.1 Å². The van der Waals surface area contributed by atoms with E-state index in [2.05, 4.69) is 18.0 Å². The Morgan fingerprint density at radius 2 is 2.27 bits per heavy atom. The fourth-order valence-electron chi connectivity index (χ4n) is 2.14. The summed E-state index contributed by atoms with van der Waals surface area (Å²) in [4.78, 5) is 13.8. The first-order chi connectivity index (χ1) is 7.22. The maximum absolute atomic E-state index is 11.6. The summed E-state index contributed by atoms with van der Waals surface area (Å²) in [7, 11) is 2.10. The first kappa shape index (κ1) is 10.2. The van der Waals surface area contributed by atoms with Crippen molar-refractivity contribution in [3.63, 3.8) is 0 Å². The van der Waals surface area contributed by atoms with Crippen LogP contribution in [-0.4, -0.2) is 19.4 Å². The molecule has 0 aliphatic carbocycles. The molecular formula is C13H17NO. The van der Waals surface area contributed by atoms with Gasteiger partial charge in [-0.15, -0.1) is 0 Å². The van der Waals surface area contributed by atoms with Crippen molar-refractivity contribution < 1.29 is 4.79 Å². The predicted molar refractivity (Wildman–Crippen MR) is 62.7 cm³/mol. The van der Waals surface area contributed by atoms with Gasteiger partial charge < -0.3 is 4.90 Å². The van der Waals surface area contributed by atoms with Gasteiger partial charge in [0.25, 0.3) is 0 Å². The highest BCUT2D eigenvalue weighted by atomic mass is 16.1. The van der Waals surface area contributed by atoms with Crippen molar-refractivity contribution in [1.82, 2.24) is 0 Å². The second kappa shape index (κ2) is 4.05. The zero-order valence-electron chi connectivity index (χ0n) is 9.42. The predicted octanol–water partition coefficient (Wildman–Crippen LogP) is 2.66. The molecule has 0 aromatic heterocycles. The molecule has 0 spiro atoms. The third-order valence-corrected chi connectivity index (χ3v) is 3.08. The molecule has 0 bridgehead atoms. The summed E-state index contributed by atoms with van der Waals surface area (Å²) < 4.78 is 0. The van der Waals surface area contributed by atoms with E-state index in [1.165, 1.54) is 17.7 Å². The SMILES string of the molecule is CCC(=O)c1ccc2c(c1)N(C)CCC2. The molecule has 1 heterocycles. The summed E-state index contributed by atoms with van der Waals surface area (Å²) in [6.45, 7) is 3.00. The van der Waals surface area contributed by atoms with Crippen LogP contribution in [0.1, 0.15) is 35.7 Å². The van der Waals surface area contributed by atoms with E-state index >= 15 is 0 Å². The van der Waals surface area contributed by atoms with E-state index in [4.69, 9.17) is 0 Å². The molecule has 15 heavy (non-hydrogen) atoms. The molecule has 0 saturated heterocycles. The lowest BCUT2D eigenvalue weighted by molar-refractivity contribution is 0.0988. The van der Waals surface area contributed by atoms with Crippen LogP contribution < -0.4 is 4.90 Å². The molecule has 0 fully saturated rings. The molecule has 0 saturated carbocycles. The van der Waals surface area contributed by atoms with Crippen molar-refractivity contribution in [2.75, 3.05) is 18.5 Å². The van der Waals surface area contributed by atoms with Gasteiger partial charge >= 0.3 is 0 Å². The quantitative estimate of drug-likeness (QED) is 0.689.